The molecule has 2 atom stereocenters. The Labute approximate surface area is 174 Å². The van der Waals surface area contributed by atoms with E-state index in [1.165, 1.54) is 11.3 Å². The van der Waals surface area contributed by atoms with Crippen molar-refractivity contribution in [3.05, 3.63) is 29.8 Å². The lowest BCUT2D eigenvalue weighted by molar-refractivity contribution is -0.144. The fourth-order valence-corrected chi connectivity index (χ4v) is 4.51. The van der Waals surface area contributed by atoms with Crippen LogP contribution in [-0.4, -0.2) is 55.7 Å². The minimum atomic E-state index is -0.254. The molecule has 152 valence electrons. The number of carbonyl (C=O) groups excluding carboxylic acids is 1. The average Bonchev–Trinajstić information content (AvgIpc) is 3.29. The van der Waals surface area contributed by atoms with Crippen LogP contribution in [-0.2, 0) is 16.0 Å². The summed E-state index contributed by atoms with van der Waals surface area (Å²) < 4.78 is 5.77. The van der Waals surface area contributed by atoms with E-state index in [-0.39, 0.29) is 42.9 Å². The molecule has 27 heavy (non-hydrogen) atoms. The number of rotatable bonds is 4. The molecule has 3 heterocycles. The Morgan fingerprint density at radius 2 is 1.81 bits per heavy atom. The smallest absolute Gasteiger partial charge is 0.251 e. The summed E-state index contributed by atoms with van der Waals surface area (Å²) in [5, 5.41) is 0. The molecule has 1 amide bonds. The minimum Gasteiger partial charge on any atom is -0.371 e. The van der Waals surface area contributed by atoms with Crippen molar-refractivity contribution in [2.45, 2.75) is 44.3 Å². The van der Waals surface area contributed by atoms with Gasteiger partial charge in [0.1, 0.15) is 6.10 Å². The van der Waals surface area contributed by atoms with Crippen molar-refractivity contribution in [1.82, 2.24) is 4.90 Å². The van der Waals surface area contributed by atoms with Crippen molar-refractivity contribution in [3.8, 4) is 0 Å². The van der Waals surface area contributed by atoms with Crippen LogP contribution in [0.15, 0.2) is 24.3 Å². The van der Waals surface area contributed by atoms with Gasteiger partial charge in [-0.3, -0.25) is 4.79 Å². The van der Waals surface area contributed by atoms with E-state index in [0.29, 0.717) is 12.5 Å². The van der Waals surface area contributed by atoms with Crippen LogP contribution < -0.4 is 10.6 Å². The summed E-state index contributed by atoms with van der Waals surface area (Å²) in [5.41, 5.74) is 8.54. The quantitative estimate of drug-likeness (QED) is 0.820. The van der Waals surface area contributed by atoms with Gasteiger partial charge in [-0.05, 0) is 49.7 Å². The summed E-state index contributed by atoms with van der Waals surface area (Å²) in [5.74, 6) is 0.859. The lowest BCUT2D eigenvalue weighted by Crippen LogP contribution is -2.45. The monoisotopic (exact) mass is 415 g/mol. The number of amides is 1. The Kier molecular flexibility index (Phi) is 8.22. The Balaban J connectivity index is 0.00000131. The van der Waals surface area contributed by atoms with E-state index >= 15 is 0 Å². The molecule has 1 aromatic rings. The summed E-state index contributed by atoms with van der Waals surface area (Å²) in [7, 11) is 0. The third kappa shape index (κ3) is 4.89. The van der Waals surface area contributed by atoms with Gasteiger partial charge in [-0.1, -0.05) is 18.2 Å². The highest BCUT2D eigenvalue weighted by atomic mass is 35.5. The average molecular weight is 416 g/mol. The minimum absolute atomic E-state index is 0. The van der Waals surface area contributed by atoms with E-state index in [1.54, 1.807) is 0 Å². The molecule has 3 aliphatic heterocycles. The molecule has 0 aromatic heterocycles. The van der Waals surface area contributed by atoms with Gasteiger partial charge in [-0.2, -0.15) is 0 Å². The number of fused-ring (bicyclic) bond motifs is 1. The van der Waals surface area contributed by atoms with E-state index in [9.17, 15) is 4.79 Å². The standard InChI is InChI=1S/C20H29N3O2.2ClH/c21-13-17-5-6-19(25-17)20(24)22-10-7-15(8-11-22)14-23-12-9-16-3-1-2-4-18(16)23;;/h1-4,15,17,19H,5-14,21H2;2*1H/t17-,19+;;/m1../s1. The number of hydrogen-bond donors (Lipinski definition) is 1. The molecule has 0 unspecified atom stereocenters. The third-order valence-corrected chi connectivity index (χ3v) is 6.03. The summed E-state index contributed by atoms with van der Waals surface area (Å²) in [6.07, 6.45) is 4.91. The molecule has 7 heteroatoms. The predicted octanol–water partition coefficient (Wildman–Crippen LogP) is 2.64. The fraction of sp³-hybridized carbons (Fsp3) is 0.650. The molecule has 2 saturated heterocycles. The topological polar surface area (TPSA) is 58.8 Å². The highest BCUT2D eigenvalue weighted by molar-refractivity contribution is 5.85. The Hall–Kier alpha value is -1.01. The maximum Gasteiger partial charge on any atom is 0.251 e. The van der Waals surface area contributed by atoms with Crippen LogP contribution in [0.5, 0.6) is 0 Å². The van der Waals surface area contributed by atoms with Crippen LogP contribution in [0.4, 0.5) is 5.69 Å². The molecule has 2 N–H and O–H groups in total. The fourth-order valence-electron chi connectivity index (χ4n) is 4.51. The number of carbonyl (C=O) groups is 1. The van der Waals surface area contributed by atoms with Gasteiger partial charge in [0.05, 0.1) is 6.10 Å². The maximum absolute atomic E-state index is 12.6. The van der Waals surface area contributed by atoms with Gasteiger partial charge in [0.2, 0.25) is 0 Å². The van der Waals surface area contributed by atoms with Crippen LogP contribution in [0.25, 0.3) is 0 Å². The first-order chi connectivity index (χ1) is 12.2. The Morgan fingerprint density at radius 3 is 2.52 bits per heavy atom. The molecule has 0 radical (unpaired) electrons. The first-order valence-corrected chi connectivity index (χ1v) is 9.71. The molecule has 2 fully saturated rings. The summed E-state index contributed by atoms with van der Waals surface area (Å²) >= 11 is 0. The Morgan fingerprint density at radius 1 is 1.07 bits per heavy atom. The van der Waals surface area contributed by atoms with Gasteiger partial charge in [-0.25, -0.2) is 0 Å². The second kappa shape index (κ2) is 9.97. The van der Waals surface area contributed by atoms with Gasteiger partial charge in [0, 0.05) is 38.4 Å². The number of nitrogens with zero attached hydrogens (tertiary/aromatic N) is 2. The highest BCUT2D eigenvalue weighted by Gasteiger charge is 2.34. The second-order valence-corrected chi connectivity index (χ2v) is 7.65. The van der Waals surface area contributed by atoms with E-state index in [2.05, 4.69) is 29.2 Å². The molecule has 0 saturated carbocycles. The predicted molar refractivity (Wildman–Crippen MR) is 113 cm³/mol. The van der Waals surface area contributed by atoms with Crippen molar-refractivity contribution in [1.29, 1.82) is 0 Å². The van der Waals surface area contributed by atoms with Gasteiger partial charge in [-0.15, -0.1) is 24.8 Å². The number of ether oxygens (including phenoxy) is 1. The number of likely N-dealkylation sites (tertiary alicyclic amines) is 1. The van der Waals surface area contributed by atoms with E-state index in [4.69, 9.17) is 10.5 Å². The maximum atomic E-state index is 12.6. The first kappa shape index (κ1) is 22.3. The van der Waals surface area contributed by atoms with Gasteiger partial charge in [0.25, 0.3) is 5.91 Å². The van der Waals surface area contributed by atoms with E-state index in [0.717, 1.165) is 58.3 Å². The number of nitrogens with two attached hydrogens (primary N) is 1. The van der Waals surface area contributed by atoms with Crippen LogP contribution in [0, 0.1) is 5.92 Å². The van der Waals surface area contributed by atoms with Crippen LogP contribution in [0.1, 0.15) is 31.2 Å². The van der Waals surface area contributed by atoms with Crippen LogP contribution in [0.3, 0.4) is 0 Å². The normalized spacial score (nSPS) is 24.9. The molecule has 0 spiro atoms. The van der Waals surface area contributed by atoms with Crippen molar-refractivity contribution in [2.24, 2.45) is 11.7 Å². The van der Waals surface area contributed by atoms with Crippen molar-refractivity contribution >= 4 is 36.4 Å². The highest BCUT2D eigenvalue weighted by Crippen LogP contribution is 2.30. The van der Waals surface area contributed by atoms with Crippen molar-refractivity contribution in [2.75, 3.05) is 37.6 Å². The first-order valence-electron chi connectivity index (χ1n) is 9.71. The lowest BCUT2D eigenvalue weighted by Gasteiger charge is -2.35. The molecule has 0 aliphatic carbocycles. The lowest BCUT2D eigenvalue weighted by atomic mass is 9.95. The number of para-hydroxylation sites is 1. The van der Waals surface area contributed by atoms with Gasteiger partial charge in [0.15, 0.2) is 0 Å². The summed E-state index contributed by atoms with van der Waals surface area (Å²) in [4.78, 5) is 17.2. The molecular weight excluding hydrogens is 385 g/mol. The molecule has 3 aliphatic rings. The molecule has 5 nitrogen and oxygen atoms in total. The molecule has 0 bridgehead atoms. The van der Waals surface area contributed by atoms with Crippen molar-refractivity contribution < 1.29 is 9.53 Å². The third-order valence-electron chi connectivity index (χ3n) is 6.03. The Bertz CT molecular complexity index is 623. The largest absolute Gasteiger partial charge is 0.371 e. The molecule has 4 rings (SSSR count). The summed E-state index contributed by atoms with van der Waals surface area (Å²) in [6, 6.07) is 8.75. The zero-order chi connectivity index (χ0) is 17.2. The van der Waals surface area contributed by atoms with Crippen LogP contribution in [0.2, 0.25) is 0 Å². The van der Waals surface area contributed by atoms with Crippen molar-refractivity contribution in [3.63, 3.8) is 0 Å². The SMILES string of the molecule is Cl.Cl.NC[C@H]1CC[C@@H](C(=O)N2CCC(CN3CCc4ccccc43)CC2)O1. The number of anilines is 1. The zero-order valence-corrected chi connectivity index (χ0v) is 17.4. The number of piperidine rings is 1. The zero-order valence-electron chi connectivity index (χ0n) is 15.7. The molecule has 1 aromatic carbocycles. The second-order valence-electron chi connectivity index (χ2n) is 7.65. The summed E-state index contributed by atoms with van der Waals surface area (Å²) in [6.45, 7) is 4.50. The molecular formula is C20H31Cl2N3O2. The van der Waals surface area contributed by atoms with Crippen LogP contribution >= 0.6 is 24.8 Å². The van der Waals surface area contributed by atoms with Gasteiger partial charge >= 0.3 is 0 Å². The number of benzene rings is 1. The van der Waals surface area contributed by atoms with Gasteiger partial charge < -0.3 is 20.3 Å². The van der Waals surface area contributed by atoms with E-state index in [1.807, 2.05) is 4.90 Å². The number of halogens is 2. The van der Waals surface area contributed by atoms with E-state index < -0.39 is 0 Å². The number of hydrogen-bond acceptors (Lipinski definition) is 4.